The first-order valence-electron chi connectivity index (χ1n) is 10.4. The second kappa shape index (κ2) is 9.00. The highest BCUT2D eigenvalue weighted by Gasteiger charge is 2.23. The molecule has 0 radical (unpaired) electrons. The van der Waals surface area contributed by atoms with Gasteiger partial charge >= 0.3 is 0 Å². The van der Waals surface area contributed by atoms with Crippen molar-refractivity contribution in [3.8, 4) is 0 Å². The maximum atomic E-state index is 12.4. The predicted molar refractivity (Wildman–Crippen MR) is 120 cm³/mol. The number of carbonyl (C=O) groups is 3. The Bertz CT molecular complexity index is 1120. The van der Waals surface area contributed by atoms with E-state index in [1.165, 1.54) is 0 Å². The van der Waals surface area contributed by atoms with Crippen molar-refractivity contribution in [1.29, 1.82) is 0 Å². The minimum absolute atomic E-state index is 0.0603. The summed E-state index contributed by atoms with van der Waals surface area (Å²) in [6.45, 7) is 0.319. The van der Waals surface area contributed by atoms with E-state index >= 15 is 0 Å². The standard InChI is InChI=1S/C25H25N3O3/c1-28(16-17-6-8-19(9-7-17)25(31)27-22-12-13-22)23(29)15-26-24(30)21-11-10-18-4-2-3-5-20(18)14-21/h2-11,14,22H,12-13,15-16H2,1H3,(H,26,30)(H,27,31). The molecule has 6 nitrogen and oxygen atoms in total. The quantitative estimate of drug-likeness (QED) is 0.622. The highest BCUT2D eigenvalue weighted by atomic mass is 16.2. The number of nitrogens with one attached hydrogen (secondary N) is 2. The molecule has 0 spiro atoms. The van der Waals surface area contributed by atoms with E-state index in [-0.39, 0.29) is 24.3 Å². The van der Waals surface area contributed by atoms with Crippen molar-refractivity contribution in [3.63, 3.8) is 0 Å². The maximum Gasteiger partial charge on any atom is 0.251 e. The van der Waals surface area contributed by atoms with Gasteiger partial charge in [-0.25, -0.2) is 0 Å². The number of nitrogens with zero attached hydrogens (tertiary/aromatic N) is 1. The van der Waals surface area contributed by atoms with Crippen molar-refractivity contribution in [3.05, 3.63) is 83.4 Å². The molecule has 1 saturated carbocycles. The van der Waals surface area contributed by atoms with E-state index in [0.29, 0.717) is 23.7 Å². The summed E-state index contributed by atoms with van der Waals surface area (Å²) in [6.07, 6.45) is 2.10. The van der Waals surface area contributed by atoms with Gasteiger partial charge in [0, 0.05) is 30.8 Å². The van der Waals surface area contributed by atoms with E-state index in [9.17, 15) is 14.4 Å². The smallest absolute Gasteiger partial charge is 0.251 e. The molecule has 6 heteroatoms. The maximum absolute atomic E-state index is 12.4. The van der Waals surface area contributed by atoms with Crippen molar-refractivity contribution in [1.82, 2.24) is 15.5 Å². The van der Waals surface area contributed by atoms with Gasteiger partial charge in [-0.05, 0) is 53.4 Å². The molecule has 0 aliphatic heterocycles. The predicted octanol–water partition coefficient (Wildman–Crippen LogP) is 3.12. The van der Waals surface area contributed by atoms with E-state index in [1.807, 2.05) is 48.5 Å². The van der Waals surface area contributed by atoms with Crippen LogP contribution in [0.2, 0.25) is 0 Å². The first kappa shape index (κ1) is 20.6. The highest BCUT2D eigenvalue weighted by molar-refractivity contribution is 6.00. The van der Waals surface area contributed by atoms with Crippen molar-refractivity contribution < 1.29 is 14.4 Å². The number of hydrogen-bond acceptors (Lipinski definition) is 3. The summed E-state index contributed by atoms with van der Waals surface area (Å²) in [4.78, 5) is 38.5. The lowest BCUT2D eigenvalue weighted by molar-refractivity contribution is -0.129. The molecule has 0 atom stereocenters. The number of rotatable bonds is 7. The molecule has 1 aliphatic rings. The summed E-state index contributed by atoms with van der Waals surface area (Å²) in [5.74, 6) is -0.530. The van der Waals surface area contributed by atoms with Gasteiger partial charge in [-0.2, -0.15) is 0 Å². The van der Waals surface area contributed by atoms with Crippen LogP contribution in [0.25, 0.3) is 10.8 Å². The topological polar surface area (TPSA) is 78.5 Å². The molecule has 0 heterocycles. The Morgan fingerprint density at radius 2 is 1.55 bits per heavy atom. The molecule has 158 valence electrons. The van der Waals surface area contributed by atoms with E-state index in [4.69, 9.17) is 0 Å². The van der Waals surface area contributed by atoms with E-state index < -0.39 is 0 Å². The van der Waals surface area contributed by atoms with E-state index in [2.05, 4.69) is 10.6 Å². The third-order valence-electron chi connectivity index (χ3n) is 5.39. The largest absolute Gasteiger partial charge is 0.349 e. The van der Waals surface area contributed by atoms with Crippen LogP contribution in [0.15, 0.2) is 66.7 Å². The fraction of sp³-hybridized carbons (Fsp3) is 0.240. The Kier molecular flexibility index (Phi) is 5.98. The molecule has 3 amide bonds. The lowest BCUT2D eigenvalue weighted by atomic mass is 10.1. The monoisotopic (exact) mass is 415 g/mol. The van der Waals surface area contributed by atoms with Crippen molar-refractivity contribution in [2.45, 2.75) is 25.4 Å². The molecule has 0 bridgehead atoms. The number of benzene rings is 3. The minimum Gasteiger partial charge on any atom is -0.349 e. The first-order valence-corrected chi connectivity index (χ1v) is 10.4. The van der Waals surface area contributed by atoms with Crippen LogP contribution in [0, 0.1) is 0 Å². The van der Waals surface area contributed by atoms with Gasteiger partial charge in [0.2, 0.25) is 5.91 Å². The van der Waals surface area contributed by atoms with Crippen LogP contribution in [0.1, 0.15) is 39.1 Å². The average Bonchev–Trinajstić information content (AvgIpc) is 3.61. The van der Waals surface area contributed by atoms with Gasteiger partial charge in [-0.15, -0.1) is 0 Å². The molecule has 3 aromatic rings. The normalized spacial score (nSPS) is 12.9. The molecule has 1 fully saturated rings. The number of likely N-dealkylation sites (N-methyl/N-ethyl adjacent to an activating group) is 1. The minimum atomic E-state index is -0.279. The summed E-state index contributed by atoms with van der Waals surface area (Å²) >= 11 is 0. The number of carbonyl (C=O) groups excluding carboxylic acids is 3. The highest BCUT2D eigenvalue weighted by Crippen LogP contribution is 2.19. The van der Waals surface area contributed by atoms with Crippen LogP contribution in [-0.4, -0.2) is 42.3 Å². The number of hydrogen-bond donors (Lipinski definition) is 2. The van der Waals surface area contributed by atoms with Gasteiger partial charge in [0.25, 0.3) is 11.8 Å². The summed E-state index contributed by atoms with van der Waals surface area (Å²) in [5.41, 5.74) is 2.06. The molecule has 31 heavy (non-hydrogen) atoms. The zero-order valence-electron chi connectivity index (χ0n) is 17.4. The van der Waals surface area contributed by atoms with Crippen molar-refractivity contribution in [2.75, 3.05) is 13.6 Å². The summed E-state index contributed by atoms with van der Waals surface area (Å²) < 4.78 is 0. The molecular formula is C25H25N3O3. The van der Waals surface area contributed by atoms with Gasteiger partial charge in [0.05, 0.1) is 6.54 Å². The van der Waals surface area contributed by atoms with Crippen molar-refractivity contribution >= 4 is 28.5 Å². The van der Waals surface area contributed by atoms with Gasteiger partial charge < -0.3 is 15.5 Å². The average molecular weight is 415 g/mol. The molecular weight excluding hydrogens is 390 g/mol. The molecule has 0 aromatic heterocycles. The molecule has 4 rings (SSSR count). The van der Waals surface area contributed by atoms with Gasteiger partial charge in [0.1, 0.15) is 0 Å². The van der Waals surface area contributed by atoms with E-state index in [1.54, 1.807) is 30.1 Å². The molecule has 1 aliphatic carbocycles. The second-order valence-electron chi connectivity index (χ2n) is 7.94. The number of amides is 3. The Balaban J connectivity index is 1.28. The Hall–Kier alpha value is -3.67. The van der Waals surface area contributed by atoms with Crippen LogP contribution in [0.4, 0.5) is 0 Å². The lowest BCUT2D eigenvalue weighted by Crippen LogP contribution is -2.37. The molecule has 2 N–H and O–H groups in total. The zero-order chi connectivity index (χ0) is 21.8. The molecule has 0 saturated heterocycles. The summed E-state index contributed by atoms with van der Waals surface area (Å²) in [6, 6.07) is 20.8. The van der Waals surface area contributed by atoms with Crippen molar-refractivity contribution in [2.24, 2.45) is 0 Å². The van der Waals surface area contributed by atoms with Crippen LogP contribution < -0.4 is 10.6 Å². The third kappa shape index (κ3) is 5.28. The fourth-order valence-electron chi connectivity index (χ4n) is 3.34. The van der Waals surface area contributed by atoms with Crippen LogP contribution in [0.5, 0.6) is 0 Å². The second-order valence-corrected chi connectivity index (χ2v) is 7.94. The summed E-state index contributed by atoms with van der Waals surface area (Å²) in [7, 11) is 1.69. The van der Waals surface area contributed by atoms with Gasteiger partial charge in [0.15, 0.2) is 0 Å². The Morgan fingerprint density at radius 1 is 0.871 bits per heavy atom. The van der Waals surface area contributed by atoms with E-state index in [0.717, 1.165) is 29.2 Å². The van der Waals surface area contributed by atoms with Crippen LogP contribution >= 0.6 is 0 Å². The molecule has 0 unspecified atom stereocenters. The first-order chi connectivity index (χ1) is 15.0. The Morgan fingerprint density at radius 3 is 2.26 bits per heavy atom. The van der Waals surface area contributed by atoms with Crippen LogP contribution in [0.3, 0.4) is 0 Å². The number of fused-ring (bicyclic) bond motifs is 1. The zero-order valence-corrected chi connectivity index (χ0v) is 17.4. The Labute approximate surface area is 181 Å². The third-order valence-corrected chi connectivity index (χ3v) is 5.39. The van der Waals surface area contributed by atoms with Gasteiger partial charge in [-0.1, -0.05) is 42.5 Å². The fourth-order valence-corrected chi connectivity index (χ4v) is 3.34. The van der Waals surface area contributed by atoms with Gasteiger partial charge in [-0.3, -0.25) is 14.4 Å². The molecule has 3 aromatic carbocycles. The summed E-state index contributed by atoms with van der Waals surface area (Å²) in [5, 5.41) is 7.69. The van der Waals surface area contributed by atoms with Crippen LogP contribution in [-0.2, 0) is 11.3 Å². The SMILES string of the molecule is CN(Cc1ccc(C(=O)NC2CC2)cc1)C(=O)CNC(=O)c1ccc2ccccc2c1. The lowest BCUT2D eigenvalue weighted by Gasteiger charge is -2.18.